The van der Waals surface area contributed by atoms with Gasteiger partial charge >= 0.3 is 0 Å². The zero-order valence-corrected chi connectivity index (χ0v) is 15.6. The summed E-state index contributed by atoms with van der Waals surface area (Å²) in [6.07, 6.45) is 12.2. The zero-order chi connectivity index (χ0) is 17.7. The molecular weight excluding hydrogens is 302 g/mol. The van der Waals surface area contributed by atoms with Crippen molar-refractivity contribution in [1.82, 2.24) is 0 Å². The molecule has 2 aromatic rings. The van der Waals surface area contributed by atoms with Crippen molar-refractivity contribution in [2.75, 3.05) is 18.0 Å². The third kappa shape index (κ3) is 3.74. The summed E-state index contributed by atoms with van der Waals surface area (Å²) >= 11 is 0. The lowest BCUT2D eigenvalue weighted by Gasteiger charge is -2.26. The summed E-state index contributed by atoms with van der Waals surface area (Å²) in [6, 6.07) is 17.8. The first-order chi connectivity index (χ1) is 12.2. The van der Waals surface area contributed by atoms with E-state index in [9.17, 15) is 0 Å². The number of hydrogen-bond donors (Lipinski definition) is 0. The molecule has 1 atom stereocenters. The highest BCUT2D eigenvalue weighted by molar-refractivity contribution is 5.53. The summed E-state index contributed by atoms with van der Waals surface area (Å²) in [6.45, 7) is 6.73. The van der Waals surface area contributed by atoms with Crippen LogP contribution in [0.1, 0.15) is 56.2 Å². The van der Waals surface area contributed by atoms with Gasteiger partial charge in [0.2, 0.25) is 0 Å². The topological polar surface area (TPSA) is 3.24 Å². The third-order valence-corrected chi connectivity index (χ3v) is 5.55. The number of hydrogen-bond acceptors (Lipinski definition) is 1. The highest BCUT2D eigenvalue weighted by Gasteiger charge is 2.26. The van der Waals surface area contributed by atoms with Crippen LogP contribution < -0.4 is 4.90 Å². The lowest BCUT2D eigenvalue weighted by molar-refractivity contribution is 0.750. The molecule has 1 aliphatic rings. The maximum Gasteiger partial charge on any atom is 0.0781 e. The Hall–Kier alpha value is -2.20. The molecule has 1 fully saturated rings. The molecule has 0 aromatic heterocycles. The van der Waals surface area contributed by atoms with Gasteiger partial charge in [-0.3, -0.25) is 0 Å². The fourth-order valence-electron chi connectivity index (χ4n) is 3.70. The van der Waals surface area contributed by atoms with Crippen molar-refractivity contribution >= 4 is 5.69 Å². The van der Waals surface area contributed by atoms with E-state index in [1.165, 1.54) is 61.2 Å². The summed E-state index contributed by atoms with van der Waals surface area (Å²) in [5.74, 6) is 3.05. The number of aryl methyl sites for hydroxylation is 1. The molecule has 0 bridgehead atoms. The van der Waals surface area contributed by atoms with Crippen molar-refractivity contribution in [1.29, 1.82) is 0 Å². The van der Waals surface area contributed by atoms with E-state index in [0.29, 0.717) is 0 Å². The van der Waals surface area contributed by atoms with Gasteiger partial charge in [-0.1, -0.05) is 55.7 Å². The molecule has 0 spiro atoms. The Labute approximate surface area is 153 Å². The molecule has 0 saturated carbocycles. The maximum atomic E-state index is 5.99. The van der Waals surface area contributed by atoms with Gasteiger partial charge in [0.05, 0.1) is 5.41 Å². The van der Waals surface area contributed by atoms with Crippen molar-refractivity contribution in [2.24, 2.45) is 0 Å². The van der Waals surface area contributed by atoms with Gasteiger partial charge in [0, 0.05) is 18.8 Å². The summed E-state index contributed by atoms with van der Waals surface area (Å²) in [5.41, 5.74) is 4.72. The van der Waals surface area contributed by atoms with Crippen molar-refractivity contribution < 1.29 is 0 Å². The summed E-state index contributed by atoms with van der Waals surface area (Å²) in [7, 11) is 0. The van der Waals surface area contributed by atoms with Gasteiger partial charge in [-0.25, -0.2) is 0 Å². The second-order valence-corrected chi connectivity index (χ2v) is 7.31. The van der Waals surface area contributed by atoms with E-state index in [4.69, 9.17) is 6.42 Å². The molecule has 0 radical (unpaired) electrons. The predicted octanol–water partition coefficient (Wildman–Crippen LogP) is 5.57. The van der Waals surface area contributed by atoms with Crippen molar-refractivity contribution in [3.63, 3.8) is 0 Å². The average Bonchev–Trinajstić information content (AvgIpc) is 3.21. The summed E-state index contributed by atoms with van der Waals surface area (Å²) in [4.78, 5) is 2.46. The van der Waals surface area contributed by atoms with Crippen LogP contribution in [0.5, 0.6) is 0 Å². The Morgan fingerprint density at radius 3 is 2.04 bits per heavy atom. The van der Waals surface area contributed by atoms with Gasteiger partial charge < -0.3 is 4.90 Å². The van der Waals surface area contributed by atoms with Crippen molar-refractivity contribution in [3.8, 4) is 12.3 Å². The Kier molecular flexibility index (Phi) is 5.49. The van der Waals surface area contributed by atoms with Gasteiger partial charge in [-0.15, -0.1) is 6.42 Å². The largest absolute Gasteiger partial charge is 0.372 e. The van der Waals surface area contributed by atoms with E-state index >= 15 is 0 Å². The minimum Gasteiger partial charge on any atom is -0.372 e. The normalized spacial score (nSPS) is 16.4. The molecule has 1 nitrogen and oxygen atoms in total. The molecule has 2 aromatic carbocycles. The minimum absolute atomic E-state index is 0.382. The van der Waals surface area contributed by atoms with Gasteiger partial charge in [0.1, 0.15) is 0 Å². The maximum absolute atomic E-state index is 5.99. The van der Waals surface area contributed by atoms with Crippen LogP contribution in [0, 0.1) is 12.3 Å². The number of anilines is 1. The van der Waals surface area contributed by atoms with E-state index in [0.717, 1.165) is 6.42 Å². The number of benzene rings is 2. The van der Waals surface area contributed by atoms with Crippen molar-refractivity contribution in [2.45, 2.75) is 51.4 Å². The van der Waals surface area contributed by atoms with E-state index in [1.54, 1.807) is 0 Å². The molecule has 0 N–H and O–H groups in total. The molecule has 130 valence electrons. The van der Waals surface area contributed by atoms with Gasteiger partial charge in [-0.2, -0.15) is 0 Å². The third-order valence-electron chi connectivity index (χ3n) is 5.55. The first kappa shape index (κ1) is 17.6. The lowest BCUT2D eigenvalue weighted by atomic mass is 9.76. The van der Waals surface area contributed by atoms with E-state index in [2.05, 4.69) is 73.2 Å². The van der Waals surface area contributed by atoms with Gasteiger partial charge in [-0.05, 0) is 61.4 Å². The molecule has 25 heavy (non-hydrogen) atoms. The molecule has 1 saturated heterocycles. The van der Waals surface area contributed by atoms with E-state index in [1.807, 2.05) is 0 Å². The first-order valence-electron chi connectivity index (χ1n) is 9.60. The molecule has 1 aliphatic heterocycles. The molecule has 1 heterocycles. The molecular formula is C24H29N. The lowest BCUT2D eigenvalue weighted by Crippen LogP contribution is -2.22. The number of terminal acetylenes is 1. The van der Waals surface area contributed by atoms with Crippen LogP contribution in [0.25, 0.3) is 0 Å². The van der Waals surface area contributed by atoms with Crippen LogP contribution in [0.3, 0.4) is 0 Å². The van der Waals surface area contributed by atoms with E-state index in [-0.39, 0.29) is 5.41 Å². The van der Waals surface area contributed by atoms with Gasteiger partial charge in [0.15, 0.2) is 0 Å². The highest BCUT2D eigenvalue weighted by atomic mass is 15.1. The van der Waals surface area contributed by atoms with Crippen LogP contribution in [-0.4, -0.2) is 13.1 Å². The highest BCUT2D eigenvalue weighted by Crippen LogP contribution is 2.33. The molecule has 3 rings (SSSR count). The predicted molar refractivity (Wildman–Crippen MR) is 108 cm³/mol. The second kappa shape index (κ2) is 7.79. The SMILES string of the molecule is C#CC(C)(c1ccc(CCCC)cc1)c1ccc(N2CCCC2)cc1. The van der Waals surface area contributed by atoms with E-state index < -0.39 is 0 Å². The zero-order valence-electron chi connectivity index (χ0n) is 15.6. The number of nitrogens with zero attached hydrogens (tertiary/aromatic N) is 1. The quantitative estimate of drug-likeness (QED) is 0.626. The van der Waals surface area contributed by atoms with Crippen molar-refractivity contribution in [3.05, 3.63) is 65.2 Å². The standard InChI is InChI=1S/C24H29N/c1-4-6-9-20-10-12-21(13-11-20)24(3,5-2)22-14-16-23(17-15-22)25-18-7-8-19-25/h2,10-17H,4,6-9,18-19H2,1,3H3. The number of rotatable bonds is 6. The van der Waals surface area contributed by atoms with Crippen LogP contribution >= 0.6 is 0 Å². The Bertz CT molecular complexity index is 714. The van der Waals surface area contributed by atoms with Gasteiger partial charge in [0.25, 0.3) is 0 Å². The van der Waals surface area contributed by atoms with Crippen LogP contribution in [0.15, 0.2) is 48.5 Å². The monoisotopic (exact) mass is 331 g/mol. The van der Waals surface area contributed by atoms with Crippen LogP contribution in [0.2, 0.25) is 0 Å². The van der Waals surface area contributed by atoms with Crippen LogP contribution in [-0.2, 0) is 11.8 Å². The van der Waals surface area contributed by atoms with Crippen LogP contribution in [0.4, 0.5) is 5.69 Å². The number of unbranched alkanes of at least 4 members (excludes halogenated alkanes) is 1. The smallest absolute Gasteiger partial charge is 0.0781 e. The Morgan fingerprint density at radius 2 is 1.52 bits per heavy atom. The average molecular weight is 332 g/mol. The Balaban J connectivity index is 1.83. The molecule has 1 unspecified atom stereocenters. The second-order valence-electron chi connectivity index (χ2n) is 7.31. The minimum atomic E-state index is -0.382. The summed E-state index contributed by atoms with van der Waals surface area (Å²) < 4.78 is 0. The fraction of sp³-hybridized carbons (Fsp3) is 0.417. The fourth-order valence-corrected chi connectivity index (χ4v) is 3.70. The molecule has 0 aliphatic carbocycles. The Morgan fingerprint density at radius 1 is 0.960 bits per heavy atom. The summed E-state index contributed by atoms with van der Waals surface area (Å²) in [5, 5.41) is 0. The molecule has 0 amide bonds. The first-order valence-corrected chi connectivity index (χ1v) is 9.60. The molecule has 1 heteroatoms.